The minimum Gasteiger partial charge on any atom is -0.387 e. The largest absolute Gasteiger partial charge is 0.469 e. The van der Waals surface area contributed by atoms with Crippen molar-refractivity contribution in [3.05, 3.63) is 16.7 Å². The fraction of sp³-hybridized carbons (Fsp3) is 0.600. The van der Waals surface area contributed by atoms with Crippen molar-refractivity contribution in [2.24, 2.45) is 0 Å². The molecule has 1 aliphatic heterocycles. The number of nitrogens with one attached hydrogen (secondary N) is 2. The zero-order valence-electron chi connectivity index (χ0n) is 15.8. The Labute approximate surface area is 169 Å². The van der Waals surface area contributed by atoms with Crippen molar-refractivity contribution >= 4 is 30.8 Å². The molecule has 3 heterocycles. The Morgan fingerprint density at radius 1 is 1.40 bits per heavy atom. The average Bonchev–Trinajstić information content (AvgIpc) is 3.20. The monoisotopic (exact) mass is 447 g/mol. The smallest absolute Gasteiger partial charge is 0.387 e. The van der Waals surface area contributed by atoms with Crippen molar-refractivity contribution < 1.29 is 38.6 Å². The second kappa shape index (κ2) is 8.89. The number of fused-ring (bicyclic) bond motifs is 1. The molecule has 1 amide bonds. The molecule has 3 rings (SSSR count). The Morgan fingerprint density at radius 2 is 2.13 bits per heavy atom. The maximum absolute atomic E-state index is 12.3. The summed E-state index contributed by atoms with van der Waals surface area (Å²) in [5.74, 6) is -0.461. The summed E-state index contributed by atoms with van der Waals surface area (Å²) in [4.78, 5) is 52.2. The van der Waals surface area contributed by atoms with Gasteiger partial charge in [-0.25, -0.2) is 9.55 Å². The van der Waals surface area contributed by atoms with Crippen molar-refractivity contribution in [1.29, 1.82) is 0 Å². The van der Waals surface area contributed by atoms with E-state index in [9.17, 15) is 24.4 Å². The van der Waals surface area contributed by atoms with Gasteiger partial charge in [-0.05, 0) is 6.42 Å². The number of rotatable bonds is 8. The van der Waals surface area contributed by atoms with E-state index in [1.54, 1.807) is 0 Å². The molecule has 2 aromatic rings. The lowest BCUT2D eigenvalue weighted by Gasteiger charge is -2.16. The number of aliphatic hydroxyl groups is 2. The van der Waals surface area contributed by atoms with Gasteiger partial charge in [0.15, 0.2) is 17.4 Å². The molecule has 166 valence electrons. The van der Waals surface area contributed by atoms with Crippen LogP contribution in [-0.4, -0.2) is 70.3 Å². The highest BCUT2D eigenvalue weighted by Crippen LogP contribution is 2.38. The first-order valence-corrected chi connectivity index (χ1v) is 10.6. The molecular weight excluding hydrogens is 425 g/mol. The maximum Gasteiger partial charge on any atom is 0.469 e. The SMILES string of the molecule is CCCCC(=O)Nc1nc2c(ncn2[C@@H]2O[C@H](COP(=O)(O)O)[C@@H](O)[C@H]2O)c(=O)[nH]1. The molecule has 2 aromatic heterocycles. The van der Waals surface area contributed by atoms with Gasteiger partial charge in [0.1, 0.15) is 18.3 Å². The van der Waals surface area contributed by atoms with Crippen molar-refractivity contribution in [2.45, 2.75) is 50.7 Å². The quantitative estimate of drug-likeness (QED) is 0.270. The number of aliphatic hydroxyl groups excluding tert-OH is 2. The van der Waals surface area contributed by atoms with Gasteiger partial charge in [0, 0.05) is 6.42 Å². The third kappa shape index (κ3) is 4.92. The van der Waals surface area contributed by atoms with Crippen molar-refractivity contribution in [2.75, 3.05) is 11.9 Å². The van der Waals surface area contributed by atoms with Gasteiger partial charge in [0.05, 0.1) is 12.9 Å². The van der Waals surface area contributed by atoms with Crippen molar-refractivity contribution in [1.82, 2.24) is 19.5 Å². The summed E-state index contributed by atoms with van der Waals surface area (Å²) in [6.07, 6.45) is -2.72. The number of H-pyrrole nitrogens is 1. The molecule has 0 aliphatic carbocycles. The van der Waals surface area contributed by atoms with E-state index < -0.39 is 44.5 Å². The molecule has 15 heteroatoms. The van der Waals surface area contributed by atoms with Crippen LogP contribution in [0.3, 0.4) is 0 Å². The van der Waals surface area contributed by atoms with Crippen LogP contribution in [0.2, 0.25) is 0 Å². The van der Waals surface area contributed by atoms with Gasteiger partial charge >= 0.3 is 7.82 Å². The maximum atomic E-state index is 12.3. The van der Waals surface area contributed by atoms with E-state index in [1.165, 1.54) is 4.57 Å². The van der Waals surface area contributed by atoms with Crippen LogP contribution < -0.4 is 10.9 Å². The number of carbonyl (C=O) groups is 1. The topological polar surface area (TPSA) is 209 Å². The lowest BCUT2D eigenvalue weighted by molar-refractivity contribution is -0.116. The molecule has 0 spiro atoms. The summed E-state index contributed by atoms with van der Waals surface area (Å²) >= 11 is 0. The van der Waals surface area contributed by atoms with Crippen LogP contribution in [0, 0.1) is 0 Å². The summed E-state index contributed by atoms with van der Waals surface area (Å²) in [7, 11) is -4.81. The Balaban J connectivity index is 1.86. The number of imidazole rings is 1. The second-order valence-corrected chi connectivity index (χ2v) is 7.96. The summed E-state index contributed by atoms with van der Waals surface area (Å²) in [6.45, 7) is 1.25. The fourth-order valence-corrected chi connectivity index (χ4v) is 3.31. The minimum absolute atomic E-state index is 0.0302. The van der Waals surface area contributed by atoms with Gasteiger partial charge in [-0.15, -0.1) is 0 Å². The Hall–Kier alpha value is -2.19. The number of aromatic amines is 1. The number of aromatic nitrogens is 4. The van der Waals surface area contributed by atoms with Crippen LogP contribution in [0.25, 0.3) is 11.2 Å². The zero-order valence-corrected chi connectivity index (χ0v) is 16.7. The second-order valence-electron chi connectivity index (χ2n) is 6.72. The molecule has 0 saturated carbocycles. The van der Waals surface area contributed by atoms with E-state index in [0.29, 0.717) is 6.42 Å². The summed E-state index contributed by atoms with van der Waals surface area (Å²) in [5.41, 5.74) is -0.766. The molecule has 0 aromatic carbocycles. The Bertz CT molecular complexity index is 1020. The lowest BCUT2D eigenvalue weighted by Crippen LogP contribution is -2.33. The predicted molar refractivity (Wildman–Crippen MR) is 100 cm³/mol. The molecule has 0 bridgehead atoms. The van der Waals surface area contributed by atoms with Crippen LogP contribution in [0.15, 0.2) is 11.1 Å². The molecule has 6 N–H and O–H groups in total. The molecule has 0 radical (unpaired) electrons. The summed E-state index contributed by atoms with van der Waals surface area (Å²) in [6, 6.07) is 0. The molecule has 14 nitrogen and oxygen atoms in total. The van der Waals surface area contributed by atoms with E-state index in [-0.39, 0.29) is 29.4 Å². The fourth-order valence-electron chi connectivity index (χ4n) is 2.97. The number of hydrogen-bond donors (Lipinski definition) is 6. The molecule has 4 atom stereocenters. The normalized spacial score (nSPS) is 24.4. The van der Waals surface area contributed by atoms with E-state index in [2.05, 4.69) is 24.8 Å². The van der Waals surface area contributed by atoms with E-state index >= 15 is 0 Å². The number of nitrogens with zero attached hydrogens (tertiary/aromatic N) is 3. The zero-order chi connectivity index (χ0) is 22.1. The molecule has 1 fully saturated rings. The molecule has 30 heavy (non-hydrogen) atoms. The van der Waals surface area contributed by atoms with Gasteiger partial charge < -0.3 is 24.7 Å². The summed E-state index contributed by atoms with van der Waals surface area (Å²) in [5, 5.41) is 22.9. The van der Waals surface area contributed by atoms with Crippen LogP contribution >= 0.6 is 7.82 Å². The van der Waals surface area contributed by atoms with Crippen molar-refractivity contribution in [3.8, 4) is 0 Å². The highest BCUT2D eigenvalue weighted by molar-refractivity contribution is 7.46. The van der Waals surface area contributed by atoms with Crippen LogP contribution in [0.4, 0.5) is 5.95 Å². The van der Waals surface area contributed by atoms with Crippen molar-refractivity contribution in [3.63, 3.8) is 0 Å². The molecule has 1 aliphatic rings. The first-order valence-electron chi connectivity index (χ1n) is 9.09. The van der Waals surface area contributed by atoms with Gasteiger partial charge in [-0.3, -0.25) is 29.0 Å². The first-order chi connectivity index (χ1) is 14.1. The number of ether oxygens (including phenoxy) is 1. The number of phosphoric ester groups is 1. The van der Waals surface area contributed by atoms with Gasteiger partial charge in [0.2, 0.25) is 11.9 Å². The molecular formula is C15H22N5O9P. The number of unbranched alkanes of at least 4 members (excludes halogenated alkanes) is 1. The van der Waals surface area contributed by atoms with Crippen LogP contribution in [0.5, 0.6) is 0 Å². The minimum atomic E-state index is -4.81. The lowest BCUT2D eigenvalue weighted by atomic mass is 10.1. The van der Waals surface area contributed by atoms with E-state index in [4.69, 9.17) is 14.5 Å². The number of phosphoric acid groups is 1. The highest BCUT2D eigenvalue weighted by Gasteiger charge is 2.45. The highest BCUT2D eigenvalue weighted by atomic mass is 31.2. The number of amides is 1. The standard InChI is InChI=1S/C15H22N5O9P/c1-2-3-4-8(21)17-15-18-12-9(13(24)19-15)16-6-20(12)14-11(23)10(22)7(29-14)5-28-30(25,26)27/h6-7,10-11,14,22-23H,2-5H2,1H3,(H2,25,26,27)(H2,17,18,19,21,24)/t7-,10-,11-,14-/m1/s1. The Morgan fingerprint density at radius 3 is 2.80 bits per heavy atom. The average molecular weight is 447 g/mol. The number of anilines is 1. The van der Waals surface area contributed by atoms with Gasteiger partial charge in [-0.1, -0.05) is 13.3 Å². The third-order valence-electron chi connectivity index (χ3n) is 4.47. The van der Waals surface area contributed by atoms with Crippen LogP contribution in [0.1, 0.15) is 32.4 Å². The van der Waals surface area contributed by atoms with Gasteiger partial charge in [-0.2, -0.15) is 4.98 Å². The van der Waals surface area contributed by atoms with Crippen LogP contribution in [-0.2, 0) is 18.6 Å². The third-order valence-corrected chi connectivity index (χ3v) is 4.95. The molecule has 0 unspecified atom stereocenters. The summed E-state index contributed by atoms with van der Waals surface area (Å²) < 4.78 is 21.8. The first kappa shape index (κ1) is 22.5. The Kier molecular flexibility index (Phi) is 6.67. The van der Waals surface area contributed by atoms with Gasteiger partial charge in [0.25, 0.3) is 5.56 Å². The number of carbonyl (C=O) groups excluding carboxylic acids is 1. The number of hydrogen-bond acceptors (Lipinski definition) is 9. The predicted octanol–water partition coefficient (Wildman–Crippen LogP) is -1.02. The molecule has 1 saturated heterocycles. The van der Waals surface area contributed by atoms with E-state index in [0.717, 1.165) is 12.7 Å². The van der Waals surface area contributed by atoms with E-state index in [1.807, 2.05) is 6.92 Å².